The van der Waals surface area contributed by atoms with Crippen molar-refractivity contribution in [2.24, 2.45) is 5.92 Å². The molecule has 176 valence electrons. The number of methoxy groups -OCH3 is 1. The molecule has 1 unspecified atom stereocenters. The number of rotatable bonds is 9. The first-order valence-electron chi connectivity index (χ1n) is 10.8. The van der Waals surface area contributed by atoms with E-state index in [1.807, 2.05) is 18.2 Å². The molecular formula is C25H28BrFN2O4. The van der Waals surface area contributed by atoms with E-state index in [0.29, 0.717) is 43.8 Å². The van der Waals surface area contributed by atoms with E-state index in [-0.39, 0.29) is 30.0 Å². The molecule has 1 heterocycles. The third kappa shape index (κ3) is 7.22. The molecule has 6 nitrogen and oxygen atoms in total. The van der Waals surface area contributed by atoms with E-state index in [1.54, 1.807) is 13.2 Å². The van der Waals surface area contributed by atoms with Gasteiger partial charge in [-0.3, -0.25) is 9.59 Å². The van der Waals surface area contributed by atoms with Gasteiger partial charge in [0, 0.05) is 34.1 Å². The predicted octanol–water partition coefficient (Wildman–Crippen LogP) is 3.68. The number of hydrogen-bond donors (Lipinski definition) is 2. The molecule has 8 heteroatoms. The molecule has 2 aromatic rings. The van der Waals surface area contributed by atoms with Crippen LogP contribution < -0.4 is 10.1 Å². The molecule has 0 aliphatic carbocycles. The second-order valence-corrected chi connectivity index (χ2v) is 8.97. The van der Waals surface area contributed by atoms with Crippen LogP contribution in [0.3, 0.4) is 0 Å². The maximum absolute atomic E-state index is 13.1. The molecule has 0 spiro atoms. The Labute approximate surface area is 201 Å². The highest BCUT2D eigenvalue weighted by Gasteiger charge is 2.27. The number of aliphatic hydroxyl groups excluding tert-OH is 1. The van der Waals surface area contributed by atoms with Crippen molar-refractivity contribution in [3.8, 4) is 5.75 Å². The number of aliphatic hydroxyl groups is 1. The Balaban J connectivity index is 1.49. The van der Waals surface area contributed by atoms with Gasteiger partial charge in [0.1, 0.15) is 11.6 Å². The van der Waals surface area contributed by atoms with Crippen LogP contribution in [0.5, 0.6) is 5.75 Å². The number of nitrogens with one attached hydrogen (secondary N) is 1. The second-order valence-electron chi connectivity index (χ2n) is 8.05. The van der Waals surface area contributed by atoms with E-state index in [0.717, 1.165) is 10.0 Å². The van der Waals surface area contributed by atoms with Crippen molar-refractivity contribution in [1.82, 2.24) is 10.2 Å². The van der Waals surface area contributed by atoms with Crippen LogP contribution in [0.2, 0.25) is 0 Å². The molecule has 0 radical (unpaired) electrons. The Morgan fingerprint density at radius 2 is 1.94 bits per heavy atom. The van der Waals surface area contributed by atoms with Crippen LogP contribution in [0.15, 0.2) is 53.0 Å². The minimum absolute atomic E-state index is 0.0368. The van der Waals surface area contributed by atoms with Crippen molar-refractivity contribution >= 4 is 33.7 Å². The molecule has 1 amide bonds. The monoisotopic (exact) mass is 518 g/mol. The number of likely N-dealkylation sites (tertiary alicyclic amines) is 1. The van der Waals surface area contributed by atoms with Crippen LogP contribution in [-0.4, -0.2) is 61.1 Å². The number of amides is 1. The van der Waals surface area contributed by atoms with Crippen molar-refractivity contribution in [1.29, 1.82) is 0 Å². The summed E-state index contributed by atoms with van der Waals surface area (Å²) in [7, 11) is 1.57. The molecule has 33 heavy (non-hydrogen) atoms. The molecule has 1 aliphatic heterocycles. The van der Waals surface area contributed by atoms with Crippen molar-refractivity contribution in [3.63, 3.8) is 0 Å². The van der Waals surface area contributed by atoms with E-state index in [2.05, 4.69) is 26.1 Å². The molecule has 1 fully saturated rings. The Morgan fingerprint density at radius 1 is 1.24 bits per heavy atom. The zero-order chi connectivity index (χ0) is 23.8. The van der Waals surface area contributed by atoms with E-state index >= 15 is 0 Å². The quantitative estimate of drug-likeness (QED) is 0.391. The highest BCUT2D eigenvalue weighted by Crippen LogP contribution is 2.24. The van der Waals surface area contributed by atoms with Crippen molar-refractivity contribution in [2.75, 3.05) is 33.4 Å². The van der Waals surface area contributed by atoms with Crippen LogP contribution in [0.4, 0.5) is 4.39 Å². The van der Waals surface area contributed by atoms with Crippen LogP contribution in [0.1, 0.15) is 28.8 Å². The van der Waals surface area contributed by atoms with Gasteiger partial charge in [0.05, 0.1) is 19.8 Å². The summed E-state index contributed by atoms with van der Waals surface area (Å²) >= 11 is 3.40. The van der Waals surface area contributed by atoms with Crippen LogP contribution in [0.25, 0.3) is 6.08 Å². The lowest BCUT2D eigenvalue weighted by Gasteiger charge is -2.33. The van der Waals surface area contributed by atoms with E-state index in [9.17, 15) is 19.1 Å². The lowest BCUT2D eigenvalue weighted by molar-refractivity contribution is -0.117. The molecule has 1 aliphatic rings. The fraction of sp³-hybridized carbons (Fsp3) is 0.360. The van der Waals surface area contributed by atoms with E-state index < -0.39 is 6.04 Å². The maximum atomic E-state index is 13.1. The van der Waals surface area contributed by atoms with Gasteiger partial charge < -0.3 is 20.1 Å². The Kier molecular flexibility index (Phi) is 9.17. The van der Waals surface area contributed by atoms with Gasteiger partial charge in [-0.15, -0.1) is 0 Å². The molecule has 2 aromatic carbocycles. The van der Waals surface area contributed by atoms with Gasteiger partial charge in [-0.2, -0.15) is 0 Å². The Bertz CT molecular complexity index is 988. The molecule has 0 saturated carbocycles. The number of piperidine rings is 1. The summed E-state index contributed by atoms with van der Waals surface area (Å²) in [5.74, 6) is -0.0766. The summed E-state index contributed by atoms with van der Waals surface area (Å²) in [6, 6.07) is 10.8. The smallest absolute Gasteiger partial charge is 0.244 e. The minimum atomic E-state index is -0.420. The average Bonchev–Trinajstić information content (AvgIpc) is 2.83. The molecule has 1 saturated heterocycles. The van der Waals surface area contributed by atoms with E-state index in [4.69, 9.17) is 4.74 Å². The number of Topliss-reactive ketones (excluding diaryl/α,β-unsaturated/α-hetero) is 1. The van der Waals surface area contributed by atoms with Crippen molar-refractivity contribution < 1.29 is 23.8 Å². The summed E-state index contributed by atoms with van der Waals surface area (Å²) in [5, 5.41) is 12.6. The summed E-state index contributed by atoms with van der Waals surface area (Å²) in [6.45, 7) is 1.69. The fourth-order valence-electron chi connectivity index (χ4n) is 3.94. The van der Waals surface area contributed by atoms with Crippen LogP contribution in [0, 0.1) is 11.7 Å². The number of carbonyl (C=O) groups excluding carboxylic acids is 2. The van der Waals surface area contributed by atoms with Crippen LogP contribution in [-0.2, 0) is 4.79 Å². The maximum Gasteiger partial charge on any atom is 0.244 e. The second kappa shape index (κ2) is 12.1. The van der Waals surface area contributed by atoms with Gasteiger partial charge in [-0.05, 0) is 74.5 Å². The van der Waals surface area contributed by atoms with Gasteiger partial charge in [-0.25, -0.2) is 4.39 Å². The average molecular weight is 519 g/mol. The largest absolute Gasteiger partial charge is 0.496 e. The fourth-order valence-corrected chi connectivity index (χ4v) is 4.32. The minimum Gasteiger partial charge on any atom is -0.496 e. The van der Waals surface area contributed by atoms with Gasteiger partial charge in [0.15, 0.2) is 5.78 Å². The third-order valence-corrected chi connectivity index (χ3v) is 6.23. The first-order chi connectivity index (χ1) is 15.9. The standard InChI is InChI=1S/C25H28BrFN2O4/c1-33-23-8-5-20(26)14-19(23)4-9-24(31)28-22(16-30)15-29-12-10-18(11-13-29)25(32)17-2-6-21(27)7-3-17/h2-9,14,18,22,30H,10-13,15-16H2,1H3,(H,28,31)/b9-4+. The van der Waals surface area contributed by atoms with E-state index in [1.165, 1.54) is 30.3 Å². The Hall–Kier alpha value is -2.55. The number of nitrogens with zero attached hydrogens (tertiary/aromatic N) is 1. The van der Waals surface area contributed by atoms with Crippen molar-refractivity contribution in [2.45, 2.75) is 18.9 Å². The lowest BCUT2D eigenvalue weighted by Crippen LogP contribution is -2.48. The van der Waals surface area contributed by atoms with Gasteiger partial charge in [0.2, 0.25) is 5.91 Å². The highest BCUT2D eigenvalue weighted by molar-refractivity contribution is 9.10. The lowest BCUT2D eigenvalue weighted by atomic mass is 9.89. The SMILES string of the molecule is COc1ccc(Br)cc1/C=C/C(=O)NC(CO)CN1CCC(C(=O)c2ccc(F)cc2)CC1. The molecule has 2 N–H and O–H groups in total. The van der Waals surface area contributed by atoms with Gasteiger partial charge >= 0.3 is 0 Å². The third-order valence-electron chi connectivity index (χ3n) is 5.74. The first-order valence-corrected chi connectivity index (χ1v) is 11.6. The summed E-state index contributed by atoms with van der Waals surface area (Å²) in [6.07, 6.45) is 4.45. The number of halogens is 2. The summed E-state index contributed by atoms with van der Waals surface area (Å²) < 4.78 is 19.3. The predicted molar refractivity (Wildman–Crippen MR) is 129 cm³/mol. The number of ether oxygens (including phenoxy) is 1. The topological polar surface area (TPSA) is 78.9 Å². The molecule has 0 bridgehead atoms. The Morgan fingerprint density at radius 3 is 2.58 bits per heavy atom. The van der Waals surface area contributed by atoms with Crippen molar-refractivity contribution in [3.05, 3.63) is 70.0 Å². The normalized spacial score (nSPS) is 16.0. The number of ketones is 1. The number of hydrogen-bond acceptors (Lipinski definition) is 5. The van der Waals surface area contributed by atoms with Crippen LogP contribution >= 0.6 is 15.9 Å². The summed E-state index contributed by atoms with van der Waals surface area (Å²) in [5.41, 5.74) is 1.29. The zero-order valence-electron chi connectivity index (χ0n) is 18.5. The number of benzene rings is 2. The van der Waals surface area contributed by atoms with Gasteiger partial charge in [-0.1, -0.05) is 15.9 Å². The molecule has 1 atom stereocenters. The molecular weight excluding hydrogens is 491 g/mol. The van der Waals surface area contributed by atoms with Gasteiger partial charge in [0.25, 0.3) is 0 Å². The molecule has 3 rings (SSSR count). The molecule has 0 aromatic heterocycles. The number of carbonyl (C=O) groups is 2. The summed E-state index contributed by atoms with van der Waals surface area (Å²) in [4.78, 5) is 27.2. The first kappa shape index (κ1) is 25.1. The highest BCUT2D eigenvalue weighted by atomic mass is 79.9. The zero-order valence-corrected chi connectivity index (χ0v) is 20.1.